The molecule has 1 aromatic carbocycles. The molecule has 0 aliphatic carbocycles. The Morgan fingerprint density at radius 3 is 2.48 bits per heavy atom. The van der Waals surface area contributed by atoms with E-state index in [4.69, 9.17) is 26.1 Å². The summed E-state index contributed by atoms with van der Waals surface area (Å²) in [6.45, 7) is 6.60. The smallest absolute Gasteiger partial charge is 0.193 e. The molecule has 1 fully saturated rings. The lowest BCUT2D eigenvalue weighted by atomic mass is 9.89. The molecule has 1 aromatic rings. The number of guanidine groups is 1. The lowest BCUT2D eigenvalue weighted by molar-refractivity contribution is -0.00263. The number of nitrogens with one attached hydrogen (secondary N) is 1. The van der Waals surface area contributed by atoms with Crippen molar-refractivity contribution in [2.75, 3.05) is 60.6 Å². The summed E-state index contributed by atoms with van der Waals surface area (Å²) in [4.78, 5) is 9.34. The first-order valence-electron chi connectivity index (χ1n) is 9.60. The van der Waals surface area contributed by atoms with Crippen molar-refractivity contribution in [2.24, 2.45) is 4.99 Å². The standard InChI is InChI=1S/C20H33ClN4O2/c1-5-22-19(23-16-20(24(2)3)10-13-26-14-11-20)25(4)12-15-27-18-8-6-17(21)7-9-18/h6-9H,5,10-16H2,1-4H3,(H,22,23). The summed E-state index contributed by atoms with van der Waals surface area (Å²) in [5.74, 6) is 1.73. The molecule has 1 saturated heterocycles. The average molecular weight is 397 g/mol. The van der Waals surface area contributed by atoms with Crippen LogP contribution in [0.2, 0.25) is 5.02 Å². The molecule has 6 nitrogen and oxygen atoms in total. The zero-order valence-electron chi connectivity index (χ0n) is 17.0. The fourth-order valence-electron chi connectivity index (χ4n) is 3.13. The van der Waals surface area contributed by atoms with E-state index in [0.717, 1.165) is 57.4 Å². The van der Waals surface area contributed by atoms with E-state index in [9.17, 15) is 0 Å². The molecule has 1 aliphatic heterocycles. The van der Waals surface area contributed by atoms with Gasteiger partial charge in [-0.2, -0.15) is 0 Å². The molecule has 0 spiro atoms. The Balaban J connectivity index is 1.93. The summed E-state index contributed by atoms with van der Waals surface area (Å²) in [5.41, 5.74) is 0.0690. The predicted octanol–water partition coefficient (Wildman–Crippen LogP) is 2.73. The van der Waals surface area contributed by atoms with E-state index in [-0.39, 0.29) is 5.54 Å². The van der Waals surface area contributed by atoms with Crippen molar-refractivity contribution in [3.05, 3.63) is 29.3 Å². The van der Waals surface area contributed by atoms with E-state index >= 15 is 0 Å². The summed E-state index contributed by atoms with van der Waals surface area (Å²) >= 11 is 5.91. The molecule has 1 heterocycles. The zero-order chi connectivity index (χ0) is 19.7. The Morgan fingerprint density at radius 1 is 1.22 bits per heavy atom. The van der Waals surface area contributed by atoms with Gasteiger partial charge in [-0.1, -0.05) is 11.6 Å². The van der Waals surface area contributed by atoms with Crippen molar-refractivity contribution in [1.82, 2.24) is 15.1 Å². The number of ether oxygens (including phenoxy) is 2. The van der Waals surface area contributed by atoms with Gasteiger partial charge < -0.3 is 24.6 Å². The second-order valence-corrected chi connectivity index (χ2v) is 7.56. The molecule has 0 saturated carbocycles. The predicted molar refractivity (Wildman–Crippen MR) is 112 cm³/mol. The molecule has 1 N–H and O–H groups in total. The molecule has 0 atom stereocenters. The van der Waals surface area contributed by atoms with Crippen molar-refractivity contribution >= 4 is 17.6 Å². The van der Waals surface area contributed by atoms with Crippen LogP contribution in [0, 0.1) is 0 Å². The number of hydrogen-bond donors (Lipinski definition) is 1. The fraction of sp³-hybridized carbons (Fsp3) is 0.650. The number of nitrogens with zero attached hydrogens (tertiary/aromatic N) is 3. The Morgan fingerprint density at radius 2 is 1.89 bits per heavy atom. The highest BCUT2D eigenvalue weighted by Gasteiger charge is 2.34. The van der Waals surface area contributed by atoms with Gasteiger partial charge in [-0.25, -0.2) is 0 Å². The minimum atomic E-state index is 0.0690. The third-order valence-corrected chi connectivity index (χ3v) is 5.35. The van der Waals surface area contributed by atoms with E-state index in [2.05, 4.69) is 36.1 Å². The van der Waals surface area contributed by atoms with E-state index in [1.807, 2.05) is 31.3 Å². The molecule has 27 heavy (non-hydrogen) atoms. The lowest BCUT2D eigenvalue weighted by Crippen LogP contribution is -2.52. The minimum Gasteiger partial charge on any atom is -0.492 e. The minimum absolute atomic E-state index is 0.0690. The highest BCUT2D eigenvalue weighted by molar-refractivity contribution is 6.30. The maximum atomic E-state index is 5.91. The number of benzene rings is 1. The summed E-state index contributed by atoms with van der Waals surface area (Å²) < 4.78 is 11.4. The highest BCUT2D eigenvalue weighted by atomic mass is 35.5. The van der Waals surface area contributed by atoms with Crippen LogP contribution in [-0.4, -0.2) is 81.9 Å². The largest absolute Gasteiger partial charge is 0.492 e. The van der Waals surface area contributed by atoms with Gasteiger partial charge in [0.2, 0.25) is 0 Å². The maximum Gasteiger partial charge on any atom is 0.193 e. The molecule has 0 radical (unpaired) electrons. The maximum absolute atomic E-state index is 5.91. The molecule has 152 valence electrons. The molecule has 1 aliphatic rings. The SMILES string of the molecule is CCNC(=NCC1(N(C)C)CCOCC1)N(C)CCOc1ccc(Cl)cc1. The monoisotopic (exact) mass is 396 g/mol. The van der Waals surface area contributed by atoms with Gasteiger partial charge in [-0.3, -0.25) is 4.99 Å². The zero-order valence-corrected chi connectivity index (χ0v) is 17.8. The van der Waals surface area contributed by atoms with E-state index < -0.39 is 0 Å². The van der Waals surface area contributed by atoms with E-state index in [0.29, 0.717) is 11.6 Å². The summed E-state index contributed by atoms with van der Waals surface area (Å²) in [6, 6.07) is 7.43. The Kier molecular flexibility index (Phi) is 8.67. The molecular weight excluding hydrogens is 364 g/mol. The highest BCUT2D eigenvalue weighted by Crippen LogP contribution is 2.26. The Hall–Kier alpha value is -1.50. The number of hydrogen-bond acceptors (Lipinski definition) is 4. The number of aliphatic imine (C=N–C) groups is 1. The van der Waals surface area contributed by atoms with Crippen LogP contribution in [0.5, 0.6) is 5.75 Å². The third kappa shape index (κ3) is 6.55. The van der Waals surface area contributed by atoms with E-state index in [1.54, 1.807) is 0 Å². The molecule has 0 bridgehead atoms. The van der Waals surface area contributed by atoms with Crippen LogP contribution in [0.1, 0.15) is 19.8 Å². The van der Waals surface area contributed by atoms with Crippen molar-refractivity contribution < 1.29 is 9.47 Å². The second-order valence-electron chi connectivity index (χ2n) is 7.13. The fourth-order valence-corrected chi connectivity index (χ4v) is 3.25. The molecule has 0 aromatic heterocycles. The first-order valence-corrected chi connectivity index (χ1v) is 9.97. The quantitative estimate of drug-likeness (QED) is 0.540. The number of rotatable bonds is 8. The molecule has 0 amide bonds. The van der Waals surface area contributed by atoms with Gasteiger partial charge in [-0.15, -0.1) is 0 Å². The van der Waals surface area contributed by atoms with Crippen molar-refractivity contribution in [2.45, 2.75) is 25.3 Å². The van der Waals surface area contributed by atoms with Gasteiger partial charge in [0.25, 0.3) is 0 Å². The lowest BCUT2D eigenvalue weighted by Gasteiger charge is -2.42. The third-order valence-electron chi connectivity index (χ3n) is 5.10. The first-order chi connectivity index (χ1) is 13.0. The summed E-state index contributed by atoms with van der Waals surface area (Å²) in [6.07, 6.45) is 2.01. The van der Waals surface area contributed by atoms with Crippen LogP contribution in [0.15, 0.2) is 29.3 Å². The van der Waals surface area contributed by atoms with Gasteiger partial charge in [0.05, 0.1) is 13.1 Å². The van der Waals surface area contributed by atoms with Crippen LogP contribution in [0.3, 0.4) is 0 Å². The van der Waals surface area contributed by atoms with Gasteiger partial charge in [0.1, 0.15) is 12.4 Å². The molecular formula is C20H33ClN4O2. The average Bonchev–Trinajstić information content (AvgIpc) is 2.67. The van der Waals surface area contributed by atoms with Crippen LogP contribution in [0.25, 0.3) is 0 Å². The Labute approximate surface area is 168 Å². The van der Waals surface area contributed by atoms with Crippen molar-refractivity contribution in [3.63, 3.8) is 0 Å². The van der Waals surface area contributed by atoms with Crippen molar-refractivity contribution in [3.8, 4) is 5.75 Å². The Bertz CT molecular complexity index is 586. The second kappa shape index (κ2) is 10.7. The molecule has 2 rings (SSSR count). The molecule has 7 heteroatoms. The topological polar surface area (TPSA) is 49.3 Å². The van der Waals surface area contributed by atoms with Gasteiger partial charge in [0, 0.05) is 37.4 Å². The van der Waals surface area contributed by atoms with Crippen LogP contribution in [0.4, 0.5) is 0 Å². The number of likely N-dealkylation sites (N-methyl/N-ethyl adjacent to an activating group) is 2. The van der Waals surface area contributed by atoms with E-state index in [1.165, 1.54) is 0 Å². The van der Waals surface area contributed by atoms with Crippen LogP contribution < -0.4 is 10.1 Å². The van der Waals surface area contributed by atoms with Gasteiger partial charge in [-0.05, 0) is 58.1 Å². The summed E-state index contributed by atoms with van der Waals surface area (Å²) in [7, 11) is 6.31. The van der Waals surface area contributed by atoms with Crippen molar-refractivity contribution in [1.29, 1.82) is 0 Å². The van der Waals surface area contributed by atoms with Crippen LogP contribution >= 0.6 is 11.6 Å². The van der Waals surface area contributed by atoms with Crippen LogP contribution in [-0.2, 0) is 4.74 Å². The summed E-state index contributed by atoms with van der Waals surface area (Å²) in [5, 5.41) is 4.10. The molecule has 0 unspecified atom stereocenters. The van der Waals surface area contributed by atoms with Gasteiger partial charge in [0.15, 0.2) is 5.96 Å². The first kappa shape index (κ1) is 21.8. The number of halogens is 1. The van der Waals surface area contributed by atoms with Gasteiger partial charge >= 0.3 is 0 Å². The normalized spacial score (nSPS) is 17.0.